The van der Waals surface area contributed by atoms with Crippen LogP contribution in [-0.2, 0) is 20.7 Å². The predicted octanol–water partition coefficient (Wildman–Crippen LogP) is 3.34. The van der Waals surface area contributed by atoms with Gasteiger partial charge >= 0.3 is 5.97 Å². The number of amides is 1. The molecule has 1 aromatic rings. The summed E-state index contributed by atoms with van der Waals surface area (Å²) in [6, 6.07) is 8.19. The van der Waals surface area contributed by atoms with E-state index in [0.29, 0.717) is 0 Å². The van der Waals surface area contributed by atoms with Gasteiger partial charge in [0, 0.05) is 6.04 Å². The Labute approximate surface area is 138 Å². The van der Waals surface area contributed by atoms with Crippen LogP contribution < -0.4 is 5.32 Å². The quantitative estimate of drug-likeness (QED) is 0.819. The summed E-state index contributed by atoms with van der Waals surface area (Å²) >= 11 is 0. The van der Waals surface area contributed by atoms with Gasteiger partial charge in [-0.25, -0.2) is 0 Å². The molecule has 0 saturated heterocycles. The molecule has 0 bridgehead atoms. The SMILES string of the molecule is CCc1ccc(C(C)C(=O)OCC(=O)NC2CCCCC2)cc1. The number of ether oxygens (including phenoxy) is 1. The molecule has 4 nitrogen and oxygen atoms in total. The lowest BCUT2D eigenvalue weighted by Gasteiger charge is -2.22. The van der Waals surface area contributed by atoms with Crippen molar-refractivity contribution in [1.29, 1.82) is 0 Å². The van der Waals surface area contributed by atoms with E-state index in [-0.39, 0.29) is 30.4 Å². The third kappa shape index (κ3) is 5.38. The van der Waals surface area contributed by atoms with Crippen molar-refractivity contribution in [3.8, 4) is 0 Å². The highest BCUT2D eigenvalue weighted by molar-refractivity contribution is 5.83. The Hall–Kier alpha value is -1.84. The summed E-state index contributed by atoms with van der Waals surface area (Å²) < 4.78 is 5.17. The highest BCUT2D eigenvalue weighted by Gasteiger charge is 2.20. The van der Waals surface area contributed by atoms with Crippen molar-refractivity contribution >= 4 is 11.9 Å². The molecule has 4 heteroatoms. The van der Waals surface area contributed by atoms with Gasteiger partial charge in [0.1, 0.15) is 0 Å². The van der Waals surface area contributed by atoms with E-state index in [2.05, 4.69) is 12.2 Å². The highest BCUT2D eigenvalue weighted by Crippen LogP contribution is 2.19. The first-order chi connectivity index (χ1) is 11.1. The van der Waals surface area contributed by atoms with Gasteiger partial charge in [0.2, 0.25) is 0 Å². The third-order valence-corrected chi connectivity index (χ3v) is 4.56. The van der Waals surface area contributed by atoms with Crippen molar-refractivity contribution in [1.82, 2.24) is 5.32 Å². The van der Waals surface area contributed by atoms with Gasteiger partial charge in [-0.05, 0) is 37.3 Å². The van der Waals surface area contributed by atoms with Crippen LogP contribution in [0.15, 0.2) is 24.3 Å². The van der Waals surface area contributed by atoms with E-state index in [4.69, 9.17) is 4.74 Å². The molecule has 0 aromatic heterocycles. The number of nitrogens with one attached hydrogen (secondary N) is 1. The van der Waals surface area contributed by atoms with Crippen LogP contribution in [0.3, 0.4) is 0 Å². The maximum Gasteiger partial charge on any atom is 0.313 e. The zero-order valence-corrected chi connectivity index (χ0v) is 14.1. The summed E-state index contributed by atoms with van der Waals surface area (Å²) in [5.41, 5.74) is 2.15. The van der Waals surface area contributed by atoms with E-state index >= 15 is 0 Å². The normalized spacial score (nSPS) is 16.6. The van der Waals surface area contributed by atoms with Crippen LogP contribution >= 0.6 is 0 Å². The number of carbonyl (C=O) groups is 2. The molecule has 2 rings (SSSR count). The minimum atomic E-state index is -0.358. The predicted molar refractivity (Wildman–Crippen MR) is 90.2 cm³/mol. The van der Waals surface area contributed by atoms with E-state index in [1.54, 1.807) is 0 Å². The summed E-state index contributed by atoms with van der Waals surface area (Å²) in [7, 11) is 0. The molecule has 1 aliphatic carbocycles. The molecular formula is C19H27NO3. The van der Waals surface area contributed by atoms with Crippen molar-refractivity contribution in [2.75, 3.05) is 6.61 Å². The lowest BCUT2D eigenvalue weighted by molar-refractivity contribution is -0.149. The molecule has 0 aliphatic heterocycles. The second-order valence-corrected chi connectivity index (χ2v) is 6.33. The van der Waals surface area contributed by atoms with Crippen LogP contribution in [-0.4, -0.2) is 24.5 Å². The van der Waals surface area contributed by atoms with Gasteiger partial charge in [-0.2, -0.15) is 0 Å². The number of carbonyl (C=O) groups excluding carboxylic acids is 2. The number of benzene rings is 1. The summed E-state index contributed by atoms with van der Waals surface area (Å²) in [6.45, 7) is 3.71. The first kappa shape index (κ1) is 17.5. The summed E-state index contributed by atoms with van der Waals surface area (Å²) in [5, 5.41) is 2.95. The second-order valence-electron chi connectivity index (χ2n) is 6.33. The van der Waals surface area contributed by atoms with Crippen molar-refractivity contribution < 1.29 is 14.3 Å². The average Bonchev–Trinajstić information content (AvgIpc) is 2.60. The summed E-state index contributed by atoms with van der Waals surface area (Å²) in [4.78, 5) is 24.0. The Kier molecular flexibility index (Phi) is 6.63. The van der Waals surface area contributed by atoms with Crippen LogP contribution in [0, 0.1) is 0 Å². The van der Waals surface area contributed by atoms with Gasteiger partial charge in [-0.1, -0.05) is 50.5 Å². The zero-order chi connectivity index (χ0) is 16.7. The first-order valence-electron chi connectivity index (χ1n) is 8.65. The molecule has 126 valence electrons. The topological polar surface area (TPSA) is 55.4 Å². The second kappa shape index (κ2) is 8.70. The summed E-state index contributed by atoms with van der Waals surface area (Å²) in [6.07, 6.45) is 6.60. The molecule has 1 amide bonds. The molecule has 0 radical (unpaired) electrons. The minimum absolute atomic E-state index is 0.188. The van der Waals surface area contributed by atoms with Crippen LogP contribution in [0.2, 0.25) is 0 Å². The lowest BCUT2D eigenvalue weighted by Crippen LogP contribution is -2.39. The number of aryl methyl sites for hydroxylation is 1. The highest BCUT2D eigenvalue weighted by atomic mass is 16.5. The number of hydrogen-bond acceptors (Lipinski definition) is 3. The van der Waals surface area contributed by atoms with E-state index in [1.807, 2.05) is 31.2 Å². The fourth-order valence-corrected chi connectivity index (χ4v) is 2.96. The molecule has 1 unspecified atom stereocenters. The van der Waals surface area contributed by atoms with Crippen molar-refractivity contribution in [2.24, 2.45) is 0 Å². The largest absolute Gasteiger partial charge is 0.455 e. The molecule has 1 N–H and O–H groups in total. The smallest absolute Gasteiger partial charge is 0.313 e. The lowest BCUT2D eigenvalue weighted by atomic mass is 9.95. The minimum Gasteiger partial charge on any atom is -0.455 e. The maximum atomic E-state index is 12.1. The Morgan fingerprint density at radius 3 is 2.43 bits per heavy atom. The molecule has 0 spiro atoms. The van der Waals surface area contributed by atoms with Crippen molar-refractivity contribution in [3.05, 3.63) is 35.4 Å². The van der Waals surface area contributed by atoms with Gasteiger partial charge < -0.3 is 10.1 Å². The number of hydrogen-bond donors (Lipinski definition) is 1. The molecule has 0 heterocycles. The van der Waals surface area contributed by atoms with Crippen LogP contribution in [0.5, 0.6) is 0 Å². The first-order valence-corrected chi connectivity index (χ1v) is 8.65. The molecule has 23 heavy (non-hydrogen) atoms. The monoisotopic (exact) mass is 317 g/mol. The van der Waals surface area contributed by atoms with Crippen LogP contribution in [0.1, 0.15) is 63.0 Å². The van der Waals surface area contributed by atoms with Gasteiger partial charge in [0.05, 0.1) is 5.92 Å². The van der Waals surface area contributed by atoms with Gasteiger partial charge in [0.15, 0.2) is 6.61 Å². The molecule has 1 aromatic carbocycles. The third-order valence-electron chi connectivity index (χ3n) is 4.56. The standard InChI is InChI=1S/C19H27NO3/c1-3-15-9-11-16(12-10-15)14(2)19(22)23-13-18(21)20-17-7-5-4-6-8-17/h9-12,14,17H,3-8,13H2,1-2H3,(H,20,21). The molecule has 1 aliphatic rings. The van der Waals surface area contributed by atoms with E-state index in [1.165, 1.54) is 12.0 Å². The Morgan fingerprint density at radius 1 is 1.17 bits per heavy atom. The van der Waals surface area contributed by atoms with E-state index in [9.17, 15) is 9.59 Å². The number of rotatable bonds is 6. The fraction of sp³-hybridized carbons (Fsp3) is 0.579. The molecule has 1 fully saturated rings. The molecule has 1 saturated carbocycles. The van der Waals surface area contributed by atoms with Crippen molar-refractivity contribution in [2.45, 2.75) is 64.3 Å². The fourth-order valence-electron chi connectivity index (χ4n) is 2.96. The Morgan fingerprint density at radius 2 is 1.83 bits per heavy atom. The Balaban J connectivity index is 1.77. The Bertz CT molecular complexity index is 518. The van der Waals surface area contributed by atoms with Crippen LogP contribution in [0.25, 0.3) is 0 Å². The average molecular weight is 317 g/mol. The van der Waals surface area contributed by atoms with Gasteiger partial charge in [-0.3, -0.25) is 9.59 Å². The van der Waals surface area contributed by atoms with E-state index < -0.39 is 0 Å². The molecular weight excluding hydrogens is 290 g/mol. The number of esters is 1. The van der Waals surface area contributed by atoms with Crippen LogP contribution in [0.4, 0.5) is 0 Å². The maximum absolute atomic E-state index is 12.1. The molecule has 1 atom stereocenters. The summed E-state index contributed by atoms with van der Waals surface area (Å²) in [5.74, 6) is -0.907. The van der Waals surface area contributed by atoms with Gasteiger partial charge in [-0.15, -0.1) is 0 Å². The van der Waals surface area contributed by atoms with E-state index in [0.717, 1.165) is 37.7 Å². The zero-order valence-electron chi connectivity index (χ0n) is 14.1. The van der Waals surface area contributed by atoms with Crippen molar-refractivity contribution in [3.63, 3.8) is 0 Å². The van der Waals surface area contributed by atoms with Gasteiger partial charge in [0.25, 0.3) is 5.91 Å².